The van der Waals surface area contributed by atoms with Crippen LogP contribution in [-0.4, -0.2) is 42.9 Å². The average molecular weight is 606 g/mol. The Labute approximate surface area is 263 Å². The molecular formula is C38H39NO4S. The van der Waals surface area contributed by atoms with E-state index in [4.69, 9.17) is 9.47 Å². The highest BCUT2D eigenvalue weighted by Crippen LogP contribution is 2.57. The molecule has 5 nitrogen and oxygen atoms in total. The summed E-state index contributed by atoms with van der Waals surface area (Å²) in [5, 5.41) is 0.922. The summed E-state index contributed by atoms with van der Waals surface area (Å²) in [5.74, 6) is 3.72. The molecule has 0 radical (unpaired) electrons. The largest absolute Gasteiger partial charge is 0.492 e. The van der Waals surface area contributed by atoms with Crippen LogP contribution in [0, 0.1) is 29.6 Å². The number of nitrogens with zero attached hydrogens (tertiary/aromatic N) is 1. The van der Waals surface area contributed by atoms with Crippen molar-refractivity contribution in [3.63, 3.8) is 0 Å². The van der Waals surface area contributed by atoms with E-state index in [1.807, 2.05) is 66.7 Å². The fourth-order valence-corrected chi connectivity index (χ4v) is 10.1. The molecule has 0 N–H and O–H groups in total. The molecule has 0 spiro atoms. The SMILES string of the molecule is O=C(c1ccc(OCCN2CCCC2)cc1)c1c(-c2ccccc2OC(=O)C2C3CC4CC(C3)CC2C4)sc2ccccc12. The molecule has 4 bridgehead atoms. The van der Waals surface area contributed by atoms with Crippen LogP contribution in [0.3, 0.4) is 0 Å². The molecule has 3 aromatic carbocycles. The number of fused-ring (bicyclic) bond motifs is 1. The molecule has 9 rings (SSSR count). The van der Waals surface area contributed by atoms with Crippen molar-refractivity contribution in [1.82, 2.24) is 4.90 Å². The van der Waals surface area contributed by atoms with Gasteiger partial charge in [0.25, 0.3) is 0 Å². The molecule has 5 fully saturated rings. The molecule has 1 saturated heterocycles. The highest BCUT2D eigenvalue weighted by molar-refractivity contribution is 7.22. The van der Waals surface area contributed by atoms with E-state index in [0.717, 1.165) is 57.7 Å². The minimum Gasteiger partial charge on any atom is -0.492 e. The van der Waals surface area contributed by atoms with Crippen molar-refractivity contribution < 1.29 is 19.1 Å². The molecule has 0 unspecified atom stereocenters. The fraction of sp³-hybridized carbons (Fsp3) is 0.421. The van der Waals surface area contributed by atoms with Crippen molar-refractivity contribution in [2.24, 2.45) is 29.6 Å². The second-order valence-electron chi connectivity index (χ2n) is 13.4. The maximum Gasteiger partial charge on any atom is 0.314 e. The Bertz CT molecular complexity index is 1660. The maximum atomic E-state index is 14.2. The molecule has 4 saturated carbocycles. The molecule has 1 aliphatic heterocycles. The number of carbonyl (C=O) groups is 2. The zero-order valence-corrected chi connectivity index (χ0v) is 25.9. The lowest BCUT2D eigenvalue weighted by atomic mass is 9.52. The van der Waals surface area contributed by atoms with Crippen molar-refractivity contribution in [2.45, 2.75) is 44.9 Å². The van der Waals surface area contributed by atoms with Crippen LogP contribution in [-0.2, 0) is 4.79 Å². The van der Waals surface area contributed by atoms with Crippen molar-refractivity contribution in [3.8, 4) is 21.9 Å². The minimum atomic E-state index is -0.0828. The lowest BCUT2D eigenvalue weighted by Gasteiger charge is -2.53. The van der Waals surface area contributed by atoms with Crippen molar-refractivity contribution in [2.75, 3.05) is 26.2 Å². The van der Waals surface area contributed by atoms with E-state index < -0.39 is 0 Å². The maximum absolute atomic E-state index is 14.2. The third-order valence-electron chi connectivity index (χ3n) is 10.7. The summed E-state index contributed by atoms with van der Waals surface area (Å²) in [6.07, 6.45) is 8.58. The molecule has 6 heteroatoms. The lowest BCUT2D eigenvalue weighted by molar-refractivity contribution is -0.152. The number of esters is 1. The molecule has 0 amide bonds. The second-order valence-corrected chi connectivity index (χ2v) is 14.5. The van der Waals surface area contributed by atoms with Crippen LogP contribution in [0.4, 0.5) is 0 Å². The Hall–Kier alpha value is -3.48. The van der Waals surface area contributed by atoms with E-state index in [2.05, 4.69) is 11.0 Å². The molecule has 4 aromatic rings. The van der Waals surface area contributed by atoms with Gasteiger partial charge in [0.15, 0.2) is 5.78 Å². The van der Waals surface area contributed by atoms with Crippen molar-refractivity contribution >= 4 is 33.2 Å². The van der Waals surface area contributed by atoms with Gasteiger partial charge < -0.3 is 9.47 Å². The van der Waals surface area contributed by atoms with Crippen LogP contribution in [0.25, 0.3) is 20.5 Å². The van der Waals surface area contributed by atoms with Crippen LogP contribution in [0.1, 0.15) is 60.9 Å². The number of ketones is 1. The third-order valence-corrected chi connectivity index (χ3v) is 11.9. The summed E-state index contributed by atoms with van der Waals surface area (Å²) < 4.78 is 13.3. The van der Waals surface area contributed by atoms with Crippen LogP contribution >= 0.6 is 11.3 Å². The summed E-state index contributed by atoms with van der Waals surface area (Å²) in [6, 6.07) is 23.3. The van der Waals surface area contributed by atoms with E-state index in [9.17, 15) is 9.59 Å². The Balaban J connectivity index is 1.07. The minimum absolute atomic E-state index is 0.00421. The first kappa shape index (κ1) is 28.0. The molecule has 1 aromatic heterocycles. The summed E-state index contributed by atoms with van der Waals surface area (Å²) in [5.41, 5.74) is 2.08. The molecule has 0 atom stereocenters. The Kier molecular flexibility index (Phi) is 7.51. The molecule has 5 aliphatic rings. The van der Waals surface area contributed by atoms with E-state index in [0.29, 0.717) is 35.3 Å². The number of ether oxygens (including phenoxy) is 2. The number of hydrogen-bond acceptors (Lipinski definition) is 6. The van der Waals surface area contributed by atoms with Gasteiger partial charge >= 0.3 is 5.97 Å². The summed E-state index contributed by atoms with van der Waals surface area (Å²) in [7, 11) is 0. The predicted molar refractivity (Wildman–Crippen MR) is 174 cm³/mol. The van der Waals surface area contributed by atoms with Gasteiger partial charge in [0.05, 0.1) is 10.8 Å². The first-order chi connectivity index (χ1) is 21.6. The van der Waals surface area contributed by atoms with Gasteiger partial charge in [0, 0.05) is 33.3 Å². The number of carbonyl (C=O) groups excluding carboxylic acids is 2. The number of likely N-dealkylation sites (tertiary alicyclic amines) is 1. The van der Waals surface area contributed by atoms with Crippen LogP contribution in [0.15, 0.2) is 72.8 Å². The monoisotopic (exact) mass is 605 g/mol. The molecule has 2 heterocycles. The summed E-state index contributed by atoms with van der Waals surface area (Å²) in [4.78, 5) is 31.3. The first-order valence-corrected chi connectivity index (χ1v) is 17.2. The van der Waals surface area contributed by atoms with Gasteiger partial charge in [-0.05, 0) is 124 Å². The smallest absolute Gasteiger partial charge is 0.314 e. The number of hydrogen-bond donors (Lipinski definition) is 0. The zero-order valence-electron chi connectivity index (χ0n) is 25.1. The summed E-state index contributed by atoms with van der Waals surface area (Å²) >= 11 is 1.58. The third kappa shape index (κ3) is 5.26. The second kappa shape index (κ2) is 11.8. The average Bonchev–Trinajstić information content (AvgIpc) is 3.69. The first-order valence-electron chi connectivity index (χ1n) is 16.4. The Morgan fingerprint density at radius 2 is 1.48 bits per heavy atom. The normalized spacial score (nSPS) is 25.9. The topological polar surface area (TPSA) is 55.8 Å². The van der Waals surface area contributed by atoms with Gasteiger partial charge in [-0.1, -0.05) is 30.3 Å². The van der Waals surface area contributed by atoms with E-state index in [-0.39, 0.29) is 17.7 Å². The van der Waals surface area contributed by atoms with E-state index in [1.54, 1.807) is 11.3 Å². The predicted octanol–water partition coefficient (Wildman–Crippen LogP) is 8.25. The Morgan fingerprint density at radius 1 is 0.795 bits per heavy atom. The van der Waals surface area contributed by atoms with Gasteiger partial charge in [-0.25, -0.2) is 0 Å². The van der Waals surface area contributed by atoms with Gasteiger partial charge in [0.1, 0.15) is 18.1 Å². The van der Waals surface area contributed by atoms with Crippen LogP contribution < -0.4 is 9.47 Å². The van der Waals surface area contributed by atoms with Crippen molar-refractivity contribution in [3.05, 3.63) is 83.9 Å². The van der Waals surface area contributed by atoms with Gasteiger partial charge in [-0.15, -0.1) is 11.3 Å². The highest BCUT2D eigenvalue weighted by atomic mass is 32.1. The molecule has 44 heavy (non-hydrogen) atoms. The molecular weight excluding hydrogens is 566 g/mol. The number of thiophene rings is 1. The van der Waals surface area contributed by atoms with Crippen LogP contribution in [0.2, 0.25) is 0 Å². The van der Waals surface area contributed by atoms with Gasteiger partial charge in [-0.3, -0.25) is 14.5 Å². The standard InChI is InChI=1S/C38H39NO4S/c40-36(26-11-13-29(14-12-26)42-18-17-39-15-5-6-16-39)35-31-8-2-4-10-33(31)44-37(35)30-7-1-3-9-32(30)43-38(41)34-27-20-24-19-25(22-27)23-28(34)21-24/h1-4,7-14,24-25,27-28,34H,5-6,15-23H2. The highest BCUT2D eigenvalue weighted by Gasteiger charge is 2.51. The van der Waals surface area contributed by atoms with Gasteiger partial charge in [0.2, 0.25) is 0 Å². The zero-order chi connectivity index (χ0) is 29.6. The number of benzene rings is 3. The number of rotatable bonds is 9. The fourth-order valence-electron chi connectivity index (χ4n) is 8.84. The van der Waals surface area contributed by atoms with Crippen LogP contribution in [0.5, 0.6) is 11.5 Å². The lowest BCUT2D eigenvalue weighted by Crippen LogP contribution is -2.49. The van der Waals surface area contributed by atoms with E-state index in [1.165, 1.54) is 44.9 Å². The molecule has 4 aliphatic carbocycles. The molecule has 226 valence electrons. The number of para-hydroxylation sites is 1. The quantitative estimate of drug-likeness (QED) is 0.109. The Morgan fingerprint density at radius 3 is 2.23 bits per heavy atom. The van der Waals surface area contributed by atoms with Crippen molar-refractivity contribution in [1.29, 1.82) is 0 Å². The van der Waals surface area contributed by atoms with E-state index >= 15 is 0 Å². The summed E-state index contributed by atoms with van der Waals surface area (Å²) in [6.45, 7) is 3.88. The van der Waals surface area contributed by atoms with Gasteiger partial charge in [-0.2, -0.15) is 0 Å².